The van der Waals surface area contributed by atoms with E-state index in [1.165, 1.54) is 0 Å². The Morgan fingerprint density at radius 1 is 0.897 bits per heavy atom. The van der Waals surface area contributed by atoms with Crippen LogP contribution in [0.15, 0.2) is 24.3 Å². The topological polar surface area (TPSA) is 113 Å². The molecule has 0 atom stereocenters. The predicted molar refractivity (Wildman–Crippen MR) is 109 cm³/mol. The van der Waals surface area contributed by atoms with Gasteiger partial charge in [0.15, 0.2) is 5.78 Å². The molecule has 2 aliphatic heterocycles. The smallest absolute Gasteiger partial charge is 0.335 e. The number of amides is 2. The number of nitrogens with one attached hydrogen (secondary N) is 2. The average Bonchev–Trinajstić information content (AvgIpc) is 3.19. The molecule has 2 aliphatic rings. The van der Waals surface area contributed by atoms with Gasteiger partial charge < -0.3 is 15.7 Å². The molecule has 0 radical (unpaired) electrons. The van der Waals surface area contributed by atoms with Crippen molar-refractivity contribution in [2.45, 2.75) is 26.7 Å². The van der Waals surface area contributed by atoms with Crippen molar-refractivity contribution in [1.82, 2.24) is 0 Å². The normalized spacial score (nSPS) is 13.6. The second-order valence-electron chi connectivity index (χ2n) is 6.96. The zero-order valence-corrected chi connectivity index (χ0v) is 16.6. The molecule has 2 heterocycles. The Balaban J connectivity index is 0.000000166. The molecule has 150 valence electrons. The molecule has 0 aliphatic carbocycles. The summed E-state index contributed by atoms with van der Waals surface area (Å²) in [6.07, 6.45) is 0.619. The number of carbonyl (C=O) groups excluding carboxylic acids is 3. The molecule has 3 N–H and O–H groups in total. The number of halogens is 1. The SMILES string of the molecule is Cc1cc2c(cc1C(=O)CCl)CC(=O)N2.Cc1cc2c(cc1C(=O)O)CC(=O)N2. The summed E-state index contributed by atoms with van der Waals surface area (Å²) in [5.74, 6) is -1.19. The first kappa shape index (κ1) is 20.5. The van der Waals surface area contributed by atoms with E-state index in [1.807, 2.05) is 13.0 Å². The van der Waals surface area contributed by atoms with Crippen LogP contribution in [0.25, 0.3) is 0 Å². The van der Waals surface area contributed by atoms with E-state index in [1.54, 1.807) is 25.1 Å². The van der Waals surface area contributed by atoms with Gasteiger partial charge in [0, 0.05) is 16.9 Å². The van der Waals surface area contributed by atoms with Crippen molar-refractivity contribution in [2.24, 2.45) is 0 Å². The summed E-state index contributed by atoms with van der Waals surface area (Å²) >= 11 is 5.51. The van der Waals surface area contributed by atoms with E-state index in [4.69, 9.17) is 16.7 Å². The summed E-state index contributed by atoms with van der Waals surface area (Å²) < 4.78 is 0. The molecular formula is C21H19ClN2O5. The van der Waals surface area contributed by atoms with E-state index in [0.29, 0.717) is 17.5 Å². The molecule has 0 fully saturated rings. The highest BCUT2D eigenvalue weighted by atomic mass is 35.5. The minimum Gasteiger partial charge on any atom is -0.478 e. The molecule has 2 aromatic carbocycles. The van der Waals surface area contributed by atoms with Crippen molar-refractivity contribution >= 4 is 46.5 Å². The fourth-order valence-corrected chi connectivity index (χ4v) is 3.51. The van der Waals surface area contributed by atoms with Crippen molar-refractivity contribution in [1.29, 1.82) is 0 Å². The van der Waals surface area contributed by atoms with Crippen LogP contribution in [-0.4, -0.2) is 34.6 Å². The zero-order valence-electron chi connectivity index (χ0n) is 15.9. The Labute approximate surface area is 172 Å². The van der Waals surface area contributed by atoms with Crippen molar-refractivity contribution in [3.8, 4) is 0 Å². The van der Waals surface area contributed by atoms with Crippen LogP contribution in [0.1, 0.15) is 43.0 Å². The summed E-state index contributed by atoms with van der Waals surface area (Å²) in [6, 6.07) is 6.84. The summed E-state index contributed by atoms with van der Waals surface area (Å²) in [5, 5.41) is 14.3. The number of anilines is 2. The van der Waals surface area contributed by atoms with E-state index < -0.39 is 5.97 Å². The van der Waals surface area contributed by atoms with E-state index >= 15 is 0 Å². The van der Waals surface area contributed by atoms with E-state index in [0.717, 1.165) is 28.1 Å². The maximum absolute atomic E-state index is 11.5. The Morgan fingerprint density at radius 2 is 1.34 bits per heavy atom. The molecule has 4 rings (SSSR count). The molecule has 29 heavy (non-hydrogen) atoms. The number of carboxylic acids is 1. The van der Waals surface area contributed by atoms with Crippen molar-refractivity contribution in [3.63, 3.8) is 0 Å². The second-order valence-corrected chi connectivity index (χ2v) is 7.23. The molecule has 0 saturated heterocycles. The molecular weight excluding hydrogens is 396 g/mol. The van der Waals surface area contributed by atoms with Crippen LogP contribution in [0, 0.1) is 13.8 Å². The van der Waals surface area contributed by atoms with Crippen molar-refractivity contribution in [3.05, 3.63) is 57.6 Å². The maximum atomic E-state index is 11.5. The number of benzene rings is 2. The van der Waals surface area contributed by atoms with Gasteiger partial charge in [-0.25, -0.2) is 4.79 Å². The van der Waals surface area contributed by atoms with Crippen LogP contribution in [0.4, 0.5) is 11.4 Å². The number of Topliss-reactive ketones (excluding diaryl/α,β-unsaturated/α-hetero) is 1. The van der Waals surface area contributed by atoms with Crippen LogP contribution < -0.4 is 10.6 Å². The van der Waals surface area contributed by atoms with Crippen LogP contribution >= 0.6 is 11.6 Å². The molecule has 0 aromatic heterocycles. The lowest BCUT2D eigenvalue weighted by atomic mass is 10.0. The number of aryl methyl sites for hydroxylation is 2. The lowest BCUT2D eigenvalue weighted by molar-refractivity contribution is -0.115. The molecule has 2 aromatic rings. The van der Waals surface area contributed by atoms with Gasteiger partial charge in [-0.2, -0.15) is 0 Å². The molecule has 2 amide bonds. The Morgan fingerprint density at radius 3 is 1.79 bits per heavy atom. The highest BCUT2D eigenvalue weighted by molar-refractivity contribution is 6.30. The number of carbonyl (C=O) groups is 4. The van der Waals surface area contributed by atoms with Crippen LogP contribution in [0.5, 0.6) is 0 Å². The van der Waals surface area contributed by atoms with E-state index in [-0.39, 0.29) is 35.5 Å². The Bertz CT molecular complexity index is 1060. The van der Waals surface area contributed by atoms with Gasteiger partial charge in [0.25, 0.3) is 0 Å². The molecule has 0 bridgehead atoms. The van der Waals surface area contributed by atoms with Gasteiger partial charge in [-0.1, -0.05) is 0 Å². The van der Waals surface area contributed by atoms with Gasteiger partial charge in [-0.15, -0.1) is 11.6 Å². The Kier molecular flexibility index (Phi) is 5.70. The number of fused-ring (bicyclic) bond motifs is 2. The van der Waals surface area contributed by atoms with Gasteiger partial charge in [0.05, 0.1) is 24.3 Å². The maximum Gasteiger partial charge on any atom is 0.335 e. The summed E-state index contributed by atoms with van der Waals surface area (Å²) in [4.78, 5) is 44.4. The third-order valence-corrected chi connectivity index (χ3v) is 5.05. The van der Waals surface area contributed by atoms with Gasteiger partial charge in [0.2, 0.25) is 11.8 Å². The first-order valence-electron chi connectivity index (χ1n) is 8.88. The second kappa shape index (κ2) is 8.05. The lowest BCUT2D eigenvalue weighted by Gasteiger charge is -2.06. The molecule has 0 saturated carbocycles. The largest absolute Gasteiger partial charge is 0.478 e. The fourth-order valence-electron chi connectivity index (χ4n) is 3.37. The molecule has 0 unspecified atom stereocenters. The van der Waals surface area contributed by atoms with Gasteiger partial charge in [-0.3, -0.25) is 14.4 Å². The first-order chi connectivity index (χ1) is 13.7. The number of alkyl halides is 1. The number of rotatable bonds is 3. The van der Waals surface area contributed by atoms with Crippen molar-refractivity contribution in [2.75, 3.05) is 16.5 Å². The standard InChI is InChI=1S/C11H10ClNO2.C10H9NO3/c1-6-2-9-7(4-11(15)13-9)3-8(6)10(14)5-12;1-5-2-8-6(4-9(12)11-8)3-7(5)10(13)14/h2-3H,4-5H2,1H3,(H,13,15);2-3H,4H2,1H3,(H,11,12)(H,13,14). The highest BCUT2D eigenvalue weighted by Gasteiger charge is 2.21. The molecule has 8 heteroatoms. The lowest BCUT2D eigenvalue weighted by Crippen LogP contribution is -2.04. The number of hydrogen-bond donors (Lipinski definition) is 3. The fraction of sp³-hybridized carbons (Fsp3) is 0.238. The highest BCUT2D eigenvalue weighted by Crippen LogP contribution is 2.27. The van der Waals surface area contributed by atoms with Crippen molar-refractivity contribution < 1.29 is 24.3 Å². The molecule has 0 spiro atoms. The van der Waals surface area contributed by atoms with Crippen LogP contribution in [-0.2, 0) is 22.4 Å². The summed E-state index contributed by atoms with van der Waals surface area (Å²) in [7, 11) is 0. The van der Waals surface area contributed by atoms with E-state index in [9.17, 15) is 19.2 Å². The zero-order chi connectivity index (χ0) is 21.3. The van der Waals surface area contributed by atoms with E-state index in [2.05, 4.69) is 10.6 Å². The van der Waals surface area contributed by atoms with Crippen LogP contribution in [0.2, 0.25) is 0 Å². The summed E-state index contributed by atoms with van der Waals surface area (Å²) in [5.41, 5.74) is 5.57. The average molecular weight is 415 g/mol. The number of hydrogen-bond acceptors (Lipinski definition) is 4. The molecule has 7 nitrogen and oxygen atoms in total. The third-order valence-electron chi connectivity index (χ3n) is 4.80. The number of aromatic carboxylic acids is 1. The number of ketones is 1. The van der Waals surface area contributed by atoms with Gasteiger partial charge in [0.1, 0.15) is 0 Å². The first-order valence-corrected chi connectivity index (χ1v) is 9.42. The minimum atomic E-state index is -0.954. The predicted octanol–water partition coefficient (Wildman–Crippen LogP) is 3.10. The minimum absolute atomic E-state index is 0.0268. The monoisotopic (exact) mass is 414 g/mol. The van der Waals surface area contributed by atoms with Gasteiger partial charge in [-0.05, 0) is 60.4 Å². The Hall–Kier alpha value is -3.19. The third kappa shape index (κ3) is 4.30. The summed E-state index contributed by atoms with van der Waals surface area (Å²) in [6.45, 7) is 3.55. The van der Waals surface area contributed by atoms with Crippen LogP contribution in [0.3, 0.4) is 0 Å². The van der Waals surface area contributed by atoms with Gasteiger partial charge >= 0.3 is 5.97 Å². The number of carboxylic acid groups (broad SMARTS) is 1. The quantitative estimate of drug-likeness (QED) is 0.527.